The molecule has 0 aliphatic heterocycles. The Kier molecular flexibility index (Phi) is 4.25. The van der Waals surface area contributed by atoms with Gasteiger partial charge in [-0.25, -0.2) is 12.8 Å². The Balaban J connectivity index is 3.09. The SMILES string of the molecule is COC(=O)CN(C)S(=O)(=O)c1ccc(N)cc1F. The molecule has 0 spiro atoms. The number of nitrogens with two attached hydrogens (primary N) is 1. The van der Waals surface area contributed by atoms with Gasteiger partial charge in [-0.3, -0.25) is 4.79 Å². The zero-order valence-electron chi connectivity index (χ0n) is 9.88. The first-order valence-corrected chi connectivity index (χ1v) is 6.31. The van der Waals surface area contributed by atoms with Crippen molar-refractivity contribution in [3.05, 3.63) is 24.0 Å². The second-order valence-corrected chi connectivity index (χ2v) is 5.54. The fraction of sp³-hybridized carbons (Fsp3) is 0.300. The predicted octanol–water partition coefficient (Wildman–Crippen LogP) is 0.201. The molecule has 0 saturated heterocycles. The van der Waals surface area contributed by atoms with Gasteiger partial charge in [0.15, 0.2) is 0 Å². The van der Waals surface area contributed by atoms with E-state index in [0.29, 0.717) is 4.31 Å². The average Bonchev–Trinajstić information content (AvgIpc) is 2.28. The van der Waals surface area contributed by atoms with Crippen LogP contribution in [0.15, 0.2) is 23.1 Å². The molecule has 0 aliphatic rings. The van der Waals surface area contributed by atoms with Crippen LogP contribution in [0.2, 0.25) is 0 Å². The Labute approximate surface area is 104 Å². The number of anilines is 1. The lowest BCUT2D eigenvalue weighted by molar-refractivity contribution is -0.140. The smallest absolute Gasteiger partial charge is 0.321 e. The van der Waals surface area contributed by atoms with Crippen molar-refractivity contribution in [2.75, 3.05) is 26.4 Å². The summed E-state index contributed by atoms with van der Waals surface area (Å²) < 4.78 is 42.5. The van der Waals surface area contributed by atoms with Gasteiger partial charge in [0.1, 0.15) is 17.3 Å². The molecular weight excluding hydrogens is 263 g/mol. The summed E-state index contributed by atoms with van der Waals surface area (Å²) in [5, 5.41) is 0. The maximum Gasteiger partial charge on any atom is 0.321 e. The molecule has 18 heavy (non-hydrogen) atoms. The lowest BCUT2D eigenvalue weighted by Crippen LogP contribution is -2.33. The van der Waals surface area contributed by atoms with Gasteiger partial charge in [-0.15, -0.1) is 0 Å². The molecule has 6 nitrogen and oxygen atoms in total. The van der Waals surface area contributed by atoms with Gasteiger partial charge in [-0.2, -0.15) is 4.31 Å². The van der Waals surface area contributed by atoms with Crippen molar-refractivity contribution in [1.29, 1.82) is 0 Å². The number of ether oxygens (including phenoxy) is 1. The van der Waals surface area contributed by atoms with E-state index in [1.165, 1.54) is 6.07 Å². The van der Waals surface area contributed by atoms with E-state index < -0.39 is 33.3 Å². The van der Waals surface area contributed by atoms with Crippen LogP contribution in [0.5, 0.6) is 0 Å². The highest BCUT2D eigenvalue weighted by atomic mass is 32.2. The Hall–Kier alpha value is -1.67. The summed E-state index contributed by atoms with van der Waals surface area (Å²) in [6, 6.07) is 3.22. The first-order chi connectivity index (χ1) is 8.28. The Morgan fingerprint density at radius 1 is 1.50 bits per heavy atom. The van der Waals surface area contributed by atoms with Crippen LogP contribution < -0.4 is 5.73 Å². The van der Waals surface area contributed by atoms with Crippen LogP contribution >= 0.6 is 0 Å². The monoisotopic (exact) mass is 276 g/mol. The van der Waals surface area contributed by atoms with Crippen LogP contribution in [0.25, 0.3) is 0 Å². The van der Waals surface area contributed by atoms with Crippen molar-refractivity contribution in [3.8, 4) is 0 Å². The van der Waals surface area contributed by atoms with Crippen LogP contribution in [0, 0.1) is 5.82 Å². The molecule has 0 aliphatic carbocycles. The molecule has 0 aromatic heterocycles. The minimum absolute atomic E-state index is 0.113. The summed E-state index contributed by atoms with van der Waals surface area (Å²) in [7, 11) is -1.80. The lowest BCUT2D eigenvalue weighted by Gasteiger charge is -2.16. The minimum atomic E-state index is -4.09. The number of carbonyl (C=O) groups is 1. The minimum Gasteiger partial charge on any atom is -0.468 e. The first kappa shape index (κ1) is 14.4. The molecule has 1 rings (SSSR count). The Bertz CT molecular complexity index is 559. The summed E-state index contributed by atoms with van der Waals surface area (Å²) in [5.41, 5.74) is 5.44. The largest absolute Gasteiger partial charge is 0.468 e. The van der Waals surface area contributed by atoms with Gasteiger partial charge in [0, 0.05) is 12.7 Å². The molecule has 0 heterocycles. The van der Waals surface area contributed by atoms with E-state index in [-0.39, 0.29) is 5.69 Å². The number of nitrogens with zero attached hydrogens (tertiary/aromatic N) is 1. The highest BCUT2D eigenvalue weighted by Crippen LogP contribution is 2.20. The number of carbonyl (C=O) groups excluding carboxylic acids is 1. The molecule has 0 amide bonds. The number of likely N-dealkylation sites (N-methyl/N-ethyl adjacent to an activating group) is 1. The van der Waals surface area contributed by atoms with Gasteiger partial charge >= 0.3 is 5.97 Å². The van der Waals surface area contributed by atoms with Gasteiger partial charge in [-0.1, -0.05) is 0 Å². The predicted molar refractivity (Wildman–Crippen MR) is 62.6 cm³/mol. The van der Waals surface area contributed by atoms with E-state index in [9.17, 15) is 17.6 Å². The first-order valence-electron chi connectivity index (χ1n) is 4.87. The van der Waals surface area contributed by atoms with Crippen LogP contribution in [0.4, 0.5) is 10.1 Å². The molecule has 1 aromatic carbocycles. The molecule has 100 valence electrons. The number of hydrogen-bond donors (Lipinski definition) is 1. The van der Waals surface area contributed by atoms with Crippen molar-refractivity contribution < 1.29 is 22.3 Å². The third-order valence-corrected chi connectivity index (χ3v) is 4.06. The molecule has 0 fully saturated rings. The summed E-state index contributed by atoms with van der Waals surface area (Å²) in [6.07, 6.45) is 0. The molecule has 1 aromatic rings. The van der Waals surface area contributed by atoms with Crippen molar-refractivity contribution in [2.45, 2.75) is 4.90 Å². The molecular formula is C10H13FN2O4S. The fourth-order valence-electron chi connectivity index (χ4n) is 1.23. The zero-order valence-corrected chi connectivity index (χ0v) is 10.7. The lowest BCUT2D eigenvalue weighted by atomic mass is 10.3. The summed E-state index contributed by atoms with van der Waals surface area (Å²) in [6.45, 7) is -0.497. The number of sulfonamides is 1. The molecule has 8 heteroatoms. The maximum atomic E-state index is 13.5. The number of hydrogen-bond acceptors (Lipinski definition) is 5. The Morgan fingerprint density at radius 3 is 2.61 bits per heavy atom. The number of benzene rings is 1. The van der Waals surface area contributed by atoms with Gasteiger partial charge < -0.3 is 10.5 Å². The maximum absolute atomic E-state index is 13.5. The number of methoxy groups -OCH3 is 1. The molecule has 0 saturated carbocycles. The number of nitrogen functional groups attached to an aromatic ring is 1. The van der Waals surface area contributed by atoms with Gasteiger partial charge in [-0.05, 0) is 18.2 Å². The highest BCUT2D eigenvalue weighted by molar-refractivity contribution is 7.89. The van der Waals surface area contributed by atoms with Crippen LogP contribution in [-0.4, -0.2) is 39.4 Å². The van der Waals surface area contributed by atoms with E-state index in [4.69, 9.17) is 5.73 Å². The molecule has 0 radical (unpaired) electrons. The van der Waals surface area contributed by atoms with Crippen molar-refractivity contribution in [2.24, 2.45) is 0 Å². The highest BCUT2D eigenvalue weighted by Gasteiger charge is 2.26. The van der Waals surface area contributed by atoms with Crippen LogP contribution in [0.3, 0.4) is 0 Å². The normalized spacial score (nSPS) is 11.6. The van der Waals surface area contributed by atoms with Crippen LogP contribution in [-0.2, 0) is 19.6 Å². The van der Waals surface area contributed by atoms with Crippen molar-refractivity contribution in [3.63, 3.8) is 0 Å². The molecule has 2 N–H and O–H groups in total. The topological polar surface area (TPSA) is 89.7 Å². The summed E-state index contributed by atoms with van der Waals surface area (Å²) in [4.78, 5) is 10.5. The van der Waals surface area contributed by atoms with E-state index >= 15 is 0 Å². The quantitative estimate of drug-likeness (QED) is 0.627. The van der Waals surface area contributed by atoms with E-state index in [0.717, 1.165) is 26.3 Å². The fourth-order valence-corrected chi connectivity index (χ4v) is 2.38. The zero-order chi connectivity index (χ0) is 13.9. The van der Waals surface area contributed by atoms with E-state index in [2.05, 4.69) is 4.74 Å². The standard InChI is InChI=1S/C10H13FN2O4S/c1-13(6-10(14)17-2)18(15,16)9-4-3-7(12)5-8(9)11/h3-5H,6,12H2,1-2H3. The van der Waals surface area contributed by atoms with E-state index in [1.807, 2.05) is 0 Å². The Morgan fingerprint density at radius 2 is 2.11 bits per heavy atom. The summed E-state index contributed by atoms with van der Waals surface area (Å²) >= 11 is 0. The second kappa shape index (κ2) is 5.32. The van der Waals surface area contributed by atoms with Gasteiger partial charge in [0.05, 0.1) is 7.11 Å². The van der Waals surface area contributed by atoms with Crippen LogP contribution in [0.1, 0.15) is 0 Å². The number of halogens is 1. The third-order valence-electron chi connectivity index (χ3n) is 2.22. The number of rotatable bonds is 4. The van der Waals surface area contributed by atoms with Gasteiger partial charge in [0.2, 0.25) is 10.0 Å². The van der Waals surface area contributed by atoms with Gasteiger partial charge in [0.25, 0.3) is 0 Å². The molecule has 0 unspecified atom stereocenters. The van der Waals surface area contributed by atoms with Crippen molar-refractivity contribution in [1.82, 2.24) is 4.31 Å². The average molecular weight is 276 g/mol. The number of esters is 1. The van der Waals surface area contributed by atoms with E-state index in [1.54, 1.807) is 0 Å². The van der Waals surface area contributed by atoms with Crippen molar-refractivity contribution >= 4 is 21.7 Å². The summed E-state index contributed by atoms with van der Waals surface area (Å²) in [5.74, 6) is -1.70. The third kappa shape index (κ3) is 2.96. The molecule has 0 atom stereocenters. The second-order valence-electron chi connectivity index (χ2n) is 3.53. The molecule has 0 bridgehead atoms.